The first-order valence-corrected chi connectivity index (χ1v) is 13.4. The number of alkyl carbamates (subject to hydrolysis) is 1. The Bertz CT molecular complexity index is 1160. The summed E-state index contributed by atoms with van der Waals surface area (Å²) in [6, 6.07) is 11.1. The summed E-state index contributed by atoms with van der Waals surface area (Å²) >= 11 is 0. The van der Waals surface area contributed by atoms with Gasteiger partial charge in [0.25, 0.3) is 5.91 Å². The van der Waals surface area contributed by atoms with Gasteiger partial charge in [0.2, 0.25) is 5.91 Å². The molecule has 0 bridgehead atoms. The Morgan fingerprint density at radius 1 is 1.13 bits per heavy atom. The number of hydrogen-bond donors (Lipinski definition) is 3. The fourth-order valence-corrected chi connectivity index (χ4v) is 4.47. The maximum Gasteiger partial charge on any atom is 0.408 e. The number of carbonyl (C=O) groups is 3. The van der Waals surface area contributed by atoms with Crippen LogP contribution in [-0.2, 0) is 14.3 Å². The zero-order valence-corrected chi connectivity index (χ0v) is 23.9. The Morgan fingerprint density at radius 3 is 2.28 bits per heavy atom. The van der Waals surface area contributed by atoms with Crippen molar-refractivity contribution in [2.24, 2.45) is 11.8 Å². The van der Waals surface area contributed by atoms with Crippen LogP contribution in [0.2, 0.25) is 0 Å². The number of methoxy groups -OCH3 is 1. The molecule has 0 heterocycles. The van der Waals surface area contributed by atoms with Crippen LogP contribution >= 0.6 is 0 Å². The number of carbonyl (C=O) groups excluding carboxylic acids is 3. The highest BCUT2D eigenvalue weighted by Gasteiger charge is 2.49. The third-order valence-corrected chi connectivity index (χ3v) is 6.90. The summed E-state index contributed by atoms with van der Waals surface area (Å²) < 4.78 is 10.7. The lowest BCUT2D eigenvalue weighted by atomic mass is 9.95. The number of hydrogen-bond acceptors (Lipinski definition) is 6. The summed E-state index contributed by atoms with van der Waals surface area (Å²) in [4.78, 5) is 42.5. The molecule has 9 heteroatoms. The van der Waals surface area contributed by atoms with Crippen LogP contribution in [0.15, 0.2) is 48.5 Å². The molecule has 1 saturated carbocycles. The number of phenols is 1. The summed E-state index contributed by atoms with van der Waals surface area (Å²) in [6.45, 7) is 11.1. The predicted molar refractivity (Wildman–Crippen MR) is 149 cm³/mol. The van der Waals surface area contributed by atoms with E-state index in [0.717, 1.165) is 6.42 Å². The minimum atomic E-state index is -1.05. The number of phenolic OH excluding ortho intramolecular Hbond substituents is 1. The maximum absolute atomic E-state index is 14.3. The molecule has 9 nitrogen and oxygen atoms in total. The lowest BCUT2D eigenvalue weighted by Crippen LogP contribution is -2.55. The molecule has 2 aromatic rings. The normalized spacial score (nSPS) is 18.7. The van der Waals surface area contributed by atoms with Crippen molar-refractivity contribution in [2.75, 3.05) is 12.4 Å². The van der Waals surface area contributed by atoms with Crippen LogP contribution < -0.4 is 15.4 Å². The van der Waals surface area contributed by atoms with Gasteiger partial charge in [-0.15, -0.1) is 0 Å². The number of rotatable bonds is 10. The number of nitrogens with zero attached hydrogens (tertiary/aromatic N) is 1. The summed E-state index contributed by atoms with van der Waals surface area (Å²) in [5.74, 6) is -0.235. The van der Waals surface area contributed by atoms with E-state index in [4.69, 9.17) is 9.47 Å². The van der Waals surface area contributed by atoms with Crippen LogP contribution in [0.5, 0.6) is 11.5 Å². The Morgan fingerprint density at radius 2 is 1.77 bits per heavy atom. The number of benzene rings is 2. The topological polar surface area (TPSA) is 117 Å². The standard InChI is InChI=1S/C30H41N3O6/c1-8-18(2)25(32-29(37)39-30(4,5)6)28(36)33(24-16-19(24)3)26(20-10-9-11-22(34)17-20)27(35)31-21-12-14-23(38-7)15-13-21/h9-15,17-19,24-26,34H,8,16H2,1-7H3,(H,31,35)(H,32,37). The van der Waals surface area contributed by atoms with Gasteiger partial charge in [0.1, 0.15) is 29.2 Å². The van der Waals surface area contributed by atoms with Gasteiger partial charge in [-0.1, -0.05) is 39.3 Å². The first-order valence-electron chi connectivity index (χ1n) is 13.4. The molecule has 3 rings (SSSR count). The number of anilines is 1. The molecule has 1 aliphatic carbocycles. The maximum atomic E-state index is 14.3. The van der Waals surface area contributed by atoms with Gasteiger partial charge < -0.3 is 30.1 Å². The van der Waals surface area contributed by atoms with Crippen LogP contribution in [0.25, 0.3) is 0 Å². The second kappa shape index (κ2) is 12.4. The van der Waals surface area contributed by atoms with E-state index in [2.05, 4.69) is 10.6 Å². The van der Waals surface area contributed by atoms with Crippen molar-refractivity contribution in [3.8, 4) is 11.5 Å². The highest BCUT2D eigenvalue weighted by atomic mass is 16.6. The van der Waals surface area contributed by atoms with Crippen molar-refractivity contribution in [3.05, 3.63) is 54.1 Å². The van der Waals surface area contributed by atoms with E-state index in [-0.39, 0.29) is 29.5 Å². The molecule has 1 fully saturated rings. The van der Waals surface area contributed by atoms with Gasteiger partial charge in [-0.25, -0.2) is 4.79 Å². The molecule has 3 amide bonds. The highest BCUT2D eigenvalue weighted by Crippen LogP contribution is 2.42. The minimum Gasteiger partial charge on any atom is -0.508 e. The second-order valence-electron chi connectivity index (χ2n) is 11.3. The van der Waals surface area contributed by atoms with E-state index in [9.17, 15) is 19.5 Å². The smallest absolute Gasteiger partial charge is 0.408 e. The van der Waals surface area contributed by atoms with E-state index < -0.39 is 29.7 Å². The molecular weight excluding hydrogens is 498 g/mol. The first-order chi connectivity index (χ1) is 18.3. The Hall–Kier alpha value is -3.75. The van der Waals surface area contributed by atoms with Crippen molar-refractivity contribution in [1.82, 2.24) is 10.2 Å². The van der Waals surface area contributed by atoms with Crippen molar-refractivity contribution in [1.29, 1.82) is 0 Å². The number of amides is 3. The van der Waals surface area contributed by atoms with E-state index in [1.54, 1.807) is 69.2 Å². The summed E-state index contributed by atoms with van der Waals surface area (Å²) in [7, 11) is 1.56. The first kappa shape index (κ1) is 29.8. The van der Waals surface area contributed by atoms with E-state index in [1.165, 1.54) is 12.1 Å². The van der Waals surface area contributed by atoms with E-state index in [1.807, 2.05) is 20.8 Å². The monoisotopic (exact) mass is 539 g/mol. The van der Waals surface area contributed by atoms with Gasteiger partial charge in [0.05, 0.1) is 7.11 Å². The number of aromatic hydroxyl groups is 1. The fraction of sp³-hybridized carbons (Fsp3) is 0.500. The quantitative estimate of drug-likeness (QED) is 0.379. The summed E-state index contributed by atoms with van der Waals surface area (Å²) in [5.41, 5.74) is 0.265. The lowest BCUT2D eigenvalue weighted by Gasteiger charge is -2.36. The SMILES string of the molecule is CCC(C)C(NC(=O)OC(C)(C)C)C(=O)N(C(C(=O)Nc1ccc(OC)cc1)c1cccc(O)c1)C1CC1C. The molecule has 0 aliphatic heterocycles. The molecule has 212 valence electrons. The number of ether oxygens (including phenoxy) is 2. The third-order valence-electron chi connectivity index (χ3n) is 6.90. The van der Waals surface area contributed by atoms with Crippen molar-refractivity contribution >= 4 is 23.6 Å². The minimum absolute atomic E-state index is 0.0173. The van der Waals surface area contributed by atoms with Gasteiger partial charge in [0, 0.05) is 11.7 Å². The summed E-state index contributed by atoms with van der Waals surface area (Å²) in [6.07, 6.45) is 0.646. The Balaban J connectivity index is 2.02. The lowest BCUT2D eigenvalue weighted by molar-refractivity contribution is -0.142. The average Bonchev–Trinajstić information content (AvgIpc) is 3.59. The Labute approximate surface area is 230 Å². The number of nitrogens with one attached hydrogen (secondary N) is 2. The van der Waals surface area contributed by atoms with Crippen LogP contribution in [0, 0.1) is 11.8 Å². The molecule has 5 atom stereocenters. The molecule has 0 saturated heterocycles. The van der Waals surface area contributed by atoms with Crippen LogP contribution in [-0.4, -0.2) is 52.7 Å². The molecule has 5 unspecified atom stereocenters. The molecule has 0 aromatic heterocycles. The van der Waals surface area contributed by atoms with Crippen LogP contribution in [0.3, 0.4) is 0 Å². The van der Waals surface area contributed by atoms with Crippen molar-refractivity contribution in [2.45, 2.75) is 78.1 Å². The summed E-state index contributed by atoms with van der Waals surface area (Å²) in [5, 5.41) is 15.9. The third kappa shape index (κ3) is 7.88. The van der Waals surface area contributed by atoms with E-state index in [0.29, 0.717) is 23.4 Å². The average molecular weight is 540 g/mol. The van der Waals surface area contributed by atoms with Gasteiger partial charge >= 0.3 is 6.09 Å². The highest BCUT2D eigenvalue weighted by molar-refractivity contribution is 5.99. The zero-order chi connectivity index (χ0) is 28.9. The molecular formula is C30H41N3O6. The van der Waals surface area contributed by atoms with Gasteiger partial charge in [0.15, 0.2) is 0 Å². The predicted octanol–water partition coefficient (Wildman–Crippen LogP) is 5.26. The van der Waals surface area contributed by atoms with Crippen molar-refractivity contribution in [3.63, 3.8) is 0 Å². The van der Waals surface area contributed by atoms with Gasteiger partial charge in [-0.2, -0.15) is 0 Å². The van der Waals surface area contributed by atoms with Crippen LogP contribution in [0.1, 0.15) is 66.0 Å². The van der Waals surface area contributed by atoms with Gasteiger partial charge in [-0.05, 0) is 81.0 Å². The van der Waals surface area contributed by atoms with Crippen LogP contribution in [0.4, 0.5) is 10.5 Å². The molecule has 1 aliphatic rings. The van der Waals surface area contributed by atoms with E-state index >= 15 is 0 Å². The molecule has 3 N–H and O–H groups in total. The molecule has 39 heavy (non-hydrogen) atoms. The zero-order valence-electron chi connectivity index (χ0n) is 23.9. The largest absolute Gasteiger partial charge is 0.508 e. The van der Waals surface area contributed by atoms with Gasteiger partial charge in [-0.3, -0.25) is 9.59 Å². The molecule has 2 aromatic carbocycles. The molecule has 0 radical (unpaired) electrons. The molecule has 0 spiro atoms. The Kier molecular flexibility index (Phi) is 9.48. The second-order valence-corrected chi connectivity index (χ2v) is 11.3. The van der Waals surface area contributed by atoms with Crippen molar-refractivity contribution < 1.29 is 29.0 Å². The fourth-order valence-electron chi connectivity index (χ4n) is 4.47.